The topological polar surface area (TPSA) is 66.0 Å². The molecular formula is C24H25NO5. The monoisotopic (exact) mass is 407 g/mol. The lowest BCUT2D eigenvalue weighted by atomic mass is 10.1. The number of carbonyl (C=O) groups excluding carboxylic acids is 1. The van der Waals surface area contributed by atoms with Crippen LogP contribution in [0.1, 0.15) is 21.5 Å². The quantitative estimate of drug-likeness (QED) is 0.578. The summed E-state index contributed by atoms with van der Waals surface area (Å²) in [6.07, 6.45) is 0. The van der Waals surface area contributed by atoms with Crippen LogP contribution < -0.4 is 24.3 Å². The van der Waals surface area contributed by atoms with Gasteiger partial charge in [0.15, 0.2) is 11.5 Å². The number of hydrogen-bond acceptors (Lipinski definition) is 5. The number of ether oxygens (including phenoxy) is 4. The number of hydrogen-bond donors (Lipinski definition) is 1. The van der Waals surface area contributed by atoms with E-state index in [1.54, 1.807) is 57.7 Å². The molecule has 0 aliphatic rings. The standard InChI is InChI=1S/C24H25NO5/c1-16-6-5-7-20(12-16)30-15-18-13-17(8-10-21(18)27-2)24(26)25-19-9-11-22(28-3)23(14-19)29-4/h5-14H,15H2,1-4H3,(H,25,26). The van der Waals surface area contributed by atoms with E-state index in [4.69, 9.17) is 18.9 Å². The lowest BCUT2D eigenvalue weighted by molar-refractivity contribution is 0.102. The smallest absolute Gasteiger partial charge is 0.255 e. The van der Waals surface area contributed by atoms with Gasteiger partial charge in [0.25, 0.3) is 5.91 Å². The van der Waals surface area contributed by atoms with E-state index in [1.165, 1.54) is 0 Å². The van der Waals surface area contributed by atoms with Crippen LogP contribution in [0.4, 0.5) is 5.69 Å². The SMILES string of the molecule is COc1ccc(C(=O)Nc2ccc(OC)c(OC)c2)cc1COc1cccc(C)c1. The van der Waals surface area contributed by atoms with Gasteiger partial charge in [0.1, 0.15) is 18.1 Å². The van der Waals surface area contributed by atoms with Crippen LogP contribution in [0.25, 0.3) is 0 Å². The molecule has 3 aromatic rings. The second-order valence-electron chi connectivity index (χ2n) is 6.66. The highest BCUT2D eigenvalue weighted by molar-refractivity contribution is 6.04. The molecule has 30 heavy (non-hydrogen) atoms. The fraction of sp³-hybridized carbons (Fsp3) is 0.208. The maximum atomic E-state index is 12.8. The molecule has 0 atom stereocenters. The molecule has 156 valence electrons. The summed E-state index contributed by atoms with van der Waals surface area (Å²) in [5.74, 6) is 2.30. The van der Waals surface area contributed by atoms with E-state index in [0.29, 0.717) is 28.5 Å². The Morgan fingerprint density at radius 3 is 2.27 bits per heavy atom. The molecular weight excluding hydrogens is 382 g/mol. The van der Waals surface area contributed by atoms with Gasteiger partial charge in [-0.05, 0) is 55.0 Å². The van der Waals surface area contributed by atoms with Crippen molar-refractivity contribution >= 4 is 11.6 Å². The Morgan fingerprint density at radius 2 is 1.57 bits per heavy atom. The van der Waals surface area contributed by atoms with Crippen LogP contribution in [0.3, 0.4) is 0 Å². The molecule has 0 spiro atoms. The van der Waals surface area contributed by atoms with E-state index < -0.39 is 0 Å². The van der Waals surface area contributed by atoms with Crippen LogP contribution in [0.2, 0.25) is 0 Å². The van der Waals surface area contributed by atoms with Crippen molar-refractivity contribution in [3.63, 3.8) is 0 Å². The van der Waals surface area contributed by atoms with E-state index in [0.717, 1.165) is 16.9 Å². The van der Waals surface area contributed by atoms with E-state index in [9.17, 15) is 4.79 Å². The number of rotatable bonds is 8. The number of carbonyl (C=O) groups is 1. The van der Waals surface area contributed by atoms with Crippen molar-refractivity contribution in [3.8, 4) is 23.0 Å². The third-order valence-corrected chi connectivity index (χ3v) is 4.57. The largest absolute Gasteiger partial charge is 0.496 e. The number of nitrogens with one attached hydrogen (secondary N) is 1. The molecule has 6 nitrogen and oxygen atoms in total. The van der Waals surface area contributed by atoms with Gasteiger partial charge in [0.05, 0.1) is 21.3 Å². The van der Waals surface area contributed by atoms with Gasteiger partial charge in [-0.2, -0.15) is 0 Å². The Labute approximate surface area is 176 Å². The zero-order chi connectivity index (χ0) is 21.5. The molecule has 1 N–H and O–H groups in total. The first-order valence-corrected chi connectivity index (χ1v) is 9.44. The third-order valence-electron chi connectivity index (χ3n) is 4.57. The molecule has 1 amide bonds. The Balaban J connectivity index is 1.77. The normalized spacial score (nSPS) is 10.3. The third kappa shape index (κ3) is 5.03. The molecule has 0 aromatic heterocycles. The highest BCUT2D eigenvalue weighted by Crippen LogP contribution is 2.30. The zero-order valence-electron chi connectivity index (χ0n) is 17.5. The molecule has 6 heteroatoms. The molecule has 0 heterocycles. The minimum atomic E-state index is -0.248. The lowest BCUT2D eigenvalue weighted by Gasteiger charge is -2.13. The zero-order valence-corrected chi connectivity index (χ0v) is 17.5. The Bertz CT molecular complexity index is 1030. The minimum absolute atomic E-state index is 0.248. The molecule has 3 rings (SSSR count). The second kappa shape index (κ2) is 9.69. The van der Waals surface area contributed by atoms with Crippen LogP contribution in [0.5, 0.6) is 23.0 Å². The molecule has 0 unspecified atom stereocenters. The minimum Gasteiger partial charge on any atom is -0.496 e. The Morgan fingerprint density at radius 1 is 0.833 bits per heavy atom. The summed E-state index contributed by atoms with van der Waals surface area (Å²) >= 11 is 0. The van der Waals surface area contributed by atoms with Gasteiger partial charge in [-0.15, -0.1) is 0 Å². The van der Waals surface area contributed by atoms with Crippen molar-refractivity contribution in [2.75, 3.05) is 26.6 Å². The molecule has 0 saturated carbocycles. The summed E-state index contributed by atoms with van der Waals surface area (Å²) in [5, 5.41) is 2.87. The van der Waals surface area contributed by atoms with Gasteiger partial charge in [0.2, 0.25) is 0 Å². The lowest BCUT2D eigenvalue weighted by Crippen LogP contribution is -2.13. The van der Waals surface area contributed by atoms with Crippen molar-refractivity contribution < 1.29 is 23.7 Å². The molecule has 0 aliphatic heterocycles. The van der Waals surface area contributed by atoms with Crippen LogP contribution >= 0.6 is 0 Å². The summed E-state index contributed by atoms with van der Waals surface area (Å²) in [5.41, 5.74) is 2.99. The van der Waals surface area contributed by atoms with Crippen molar-refractivity contribution in [3.05, 3.63) is 77.4 Å². The van der Waals surface area contributed by atoms with E-state index in [1.807, 2.05) is 31.2 Å². The summed E-state index contributed by atoms with van der Waals surface area (Å²) < 4.78 is 21.8. The van der Waals surface area contributed by atoms with Gasteiger partial charge in [-0.3, -0.25) is 4.79 Å². The first-order valence-electron chi connectivity index (χ1n) is 9.44. The van der Waals surface area contributed by atoms with Crippen LogP contribution in [-0.4, -0.2) is 27.2 Å². The van der Waals surface area contributed by atoms with Gasteiger partial charge >= 0.3 is 0 Å². The summed E-state index contributed by atoms with van der Waals surface area (Å²) in [6.45, 7) is 2.29. The number of aryl methyl sites for hydroxylation is 1. The predicted molar refractivity (Wildman–Crippen MR) is 116 cm³/mol. The maximum absolute atomic E-state index is 12.8. The summed E-state index contributed by atoms with van der Waals surface area (Å²) in [4.78, 5) is 12.8. The number of amides is 1. The van der Waals surface area contributed by atoms with Gasteiger partial charge in [-0.1, -0.05) is 12.1 Å². The average molecular weight is 407 g/mol. The van der Waals surface area contributed by atoms with Crippen molar-refractivity contribution in [2.45, 2.75) is 13.5 Å². The fourth-order valence-corrected chi connectivity index (χ4v) is 3.02. The number of anilines is 1. The van der Waals surface area contributed by atoms with Crippen molar-refractivity contribution in [1.29, 1.82) is 0 Å². The average Bonchev–Trinajstić information content (AvgIpc) is 2.77. The van der Waals surface area contributed by atoms with Crippen LogP contribution in [0.15, 0.2) is 60.7 Å². The molecule has 0 fully saturated rings. The first-order chi connectivity index (χ1) is 14.5. The van der Waals surface area contributed by atoms with Gasteiger partial charge in [-0.25, -0.2) is 0 Å². The molecule has 0 saturated heterocycles. The number of benzene rings is 3. The maximum Gasteiger partial charge on any atom is 0.255 e. The molecule has 0 bridgehead atoms. The highest BCUT2D eigenvalue weighted by Gasteiger charge is 2.13. The van der Waals surface area contributed by atoms with Crippen molar-refractivity contribution in [1.82, 2.24) is 0 Å². The second-order valence-corrected chi connectivity index (χ2v) is 6.66. The summed E-state index contributed by atoms with van der Waals surface area (Å²) in [7, 11) is 4.70. The molecule has 0 radical (unpaired) electrons. The molecule has 0 aliphatic carbocycles. The van der Waals surface area contributed by atoms with E-state index >= 15 is 0 Å². The summed E-state index contributed by atoms with van der Waals surface area (Å²) in [6, 6.07) is 18.2. The van der Waals surface area contributed by atoms with E-state index in [-0.39, 0.29) is 12.5 Å². The predicted octanol–water partition coefficient (Wildman–Crippen LogP) is 4.85. The van der Waals surface area contributed by atoms with Crippen molar-refractivity contribution in [2.24, 2.45) is 0 Å². The van der Waals surface area contributed by atoms with Crippen LogP contribution in [0, 0.1) is 6.92 Å². The fourth-order valence-electron chi connectivity index (χ4n) is 3.02. The van der Waals surface area contributed by atoms with Gasteiger partial charge in [0, 0.05) is 22.9 Å². The number of methoxy groups -OCH3 is 3. The molecule has 3 aromatic carbocycles. The first kappa shape index (κ1) is 21.0. The highest BCUT2D eigenvalue weighted by atomic mass is 16.5. The Hall–Kier alpha value is -3.67. The van der Waals surface area contributed by atoms with Gasteiger partial charge < -0.3 is 24.3 Å². The Kier molecular flexibility index (Phi) is 6.80. The van der Waals surface area contributed by atoms with Crippen LogP contribution in [-0.2, 0) is 6.61 Å². The van der Waals surface area contributed by atoms with E-state index in [2.05, 4.69) is 5.32 Å².